The van der Waals surface area contributed by atoms with Crippen LogP contribution in [0.2, 0.25) is 0 Å². The second-order valence-corrected chi connectivity index (χ2v) is 7.23. The van der Waals surface area contributed by atoms with Crippen molar-refractivity contribution < 1.29 is 26.5 Å². The molecule has 2 aromatic rings. The van der Waals surface area contributed by atoms with Gasteiger partial charge in [0.25, 0.3) is 10.1 Å². The van der Waals surface area contributed by atoms with E-state index in [2.05, 4.69) is 9.17 Å². The van der Waals surface area contributed by atoms with Gasteiger partial charge in [-0.15, -0.1) is 0 Å². The smallest absolute Gasteiger partial charge is 0.414 e. The maximum atomic E-state index is 14.4. The summed E-state index contributed by atoms with van der Waals surface area (Å²) in [6.07, 6.45) is 2.67. The lowest BCUT2D eigenvalue weighted by atomic mass is 10.2. The molecule has 1 fully saturated rings. The van der Waals surface area contributed by atoms with Crippen LogP contribution in [0.15, 0.2) is 30.6 Å². The molecule has 1 aliphatic heterocycles. The van der Waals surface area contributed by atoms with Crippen LogP contribution < -0.4 is 4.90 Å². The van der Waals surface area contributed by atoms with Crippen molar-refractivity contribution in [3.8, 4) is 5.69 Å². The molecular weight excluding hydrogens is 353 g/mol. The summed E-state index contributed by atoms with van der Waals surface area (Å²) in [7, 11) is -3.63. The lowest BCUT2D eigenvalue weighted by Crippen LogP contribution is -2.26. The van der Waals surface area contributed by atoms with Crippen molar-refractivity contribution in [1.29, 1.82) is 0 Å². The fourth-order valence-electron chi connectivity index (χ4n) is 2.51. The van der Waals surface area contributed by atoms with E-state index in [1.165, 1.54) is 17.0 Å². The SMILES string of the molecule is Cc1nccn1-c1ccc(N2C[C@H](COS(C)(=O)=O)OC2=O)cc1F. The van der Waals surface area contributed by atoms with E-state index in [9.17, 15) is 17.6 Å². The van der Waals surface area contributed by atoms with E-state index in [0.717, 1.165) is 6.26 Å². The van der Waals surface area contributed by atoms with Crippen LogP contribution in [0.1, 0.15) is 5.82 Å². The number of cyclic esters (lactones) is 1. The van der Waals surface area contributed by atoms with Crippen LogP contribution in [-0.4, -0.2) is 49.6 Å². The normalized spacial score (nSPS) is 17.8. The molecule has 2 heterocycles. The Bertz CT molecular complexity index is 912. The first kappa shape index (κ1) is 17.4. The van der Waals surface area contributed by atoms with Gasteiger partial charge in [-0.1, -0.05) is 0 Å². The Hall–Kier alpha value is -2.46. The van der Waals surface area contributed by atoms with Gasteiger partial charge in [-0.3, -0.25) is 9.08 Å². The number of halogens is 1. The number of anilines is 1. The van der Waals surface area contributed by atoms with Gasteiger partial charge in [-0.2, -0.15) is 8.42 Å². The molecule has 3 rings (SSSR count). The van der Waals surface area contributed by atoms with E-state index in [4.69, 9.17) is 4.74 Å². The summed E-state index contributed by atoms with van der Waals surface area (Å²) in [6, 6.07) is 4.34. The molecule has 0 bridgehead atoms. The Labute approximate surface area is 143 Å². The van der Waals surface area contributed by atoms with Gasteiger partial charge in [0.1, 0.15) is 24.4 Å². The quantitative estimate of drug-likeness (QED) is 0.744. The van der Waals surface area contributed by atoms with Crippen molar-refractivity contribution >= 4 is 21.9 Å². The summed E-state index contributed by atoms with van der Waals surface area (Å²) < 4.78 is 47.7. The van der Waals surface area contributed by atoms with Gasteiger partial charge in [0.05, 0.1) is 24.2 Å². The van der Waals surface area contributed by atoms with Crippen LogP contribution in [0.5, 0.6) is 0 Å². The lowest BCUT2D eigenvalue weighted by molar-refractivity contribution is 0.107. The van der Waals surface area contributed by atoms with Gasteiger partial charge < -0.3 is 9.30 Å². The summed E-state index contributed by atoms with van der Waals surface area (Å²) in [5.74, 6) is 0.104. The number of carbonyl (C=O) groups is 1. The first-order chi connectivity index (χ1) is 11.7. The second-order valence-electron chi connectivity index (χ2n) is 5.59. The Kier molecular flexibility index (Phi) is 4.48. The molecule has 0 saturated carbocycles. The zero-order valence-corrected chi connectivity index (χ0v) is 14.4. The zero-order valence-electron chi connectivity index (χ0n) is 13.5. The Morgan fingerprint density at radius 3 is 2.80 bits per heavy atom. The van der Waals surface area contributed by atoms with E-state index in [0.29, 0.717) is 17.2 Å². The molecule has 10 heteroatoms. The molecule has 0 N–H and O–H groups in total. The van der Waals surface area contributed by atoms with Crippen LogP contribution in [-0.2, 0) is 19.0 Å². The van der Waals surface area contributed by atoms with Crippen LogP contribution >= 0.6 is 0 Å². The van der Waals surface area contributed by atoms with Crippen molar-refractivity contribution in [2.75, 3.05) is 24.3 Å². The van der Waals surface area contributed by atoms with E-state index in [-0.39, 0.29) is 13.2 Å². The number of amides is 1. The first-order valence-electron chi connectivity index (χ1n) is 7.37. The average molecular weight is 369 g/mol. The second kappa shape index (κ2) is 6.45. The van der Waals surface area contributed by atoms with Crippen molar-refractivity contribution in [1.82, 2.24) is 9.55 Å². The number of hydrogen-bond acceptors (Lipinski definition) is 6. The molecule has 1 aliphatic rings. The van der Waals surface area contributed by atoms with Gasteiger partial charge in [0, 0.05) is 12.4 Å². The molecule has 1 amide bonds. The summed E-state index contributed by atoms with van der Waals surface area (Å²) in [6.45, 7) is 1.53. The number of carbonyl (C=O) groups excluding carboxylic acids is 1. The summed E-state index contributed by atoms with van der Waals surface area (Å²) >= 11 is 0. The highest BCUT2D eigenvalue weighted by Gasteiger charge is 2.33. The average Bonchev–Trinajstić information content (AvgIpc) is 3.10. The molecule has 0 radical (unpaired) electrons. The number of benzene rings is 1. The molecule has 134 valence electrons. The van der Waals surface area contributed by atoms with Crippen LogP contribution in [0.25, 0.3) is 5.69 Å². The summed E-state index contributed by atoms with van der Waals surface area (Å²) in [5, 5.41) is 0. The standard InChI is InChI=1S/C15H16FN3O5S/c1-10-17-5-6-18(10)14-4-3-11(7-13(14)16)19-8-12(24-15(19)20)9-23-25(2,21)22/h3-7,12H,8-9H2,1-2H3/t12-/m1/s1. The third-order valence-electron chi connectivity index (χ3n) is 3.67. The highest BCUT2D eigenvalue weighted by atomic mass is 32.2. The van der Waals surface area contributed by atoms with Crippen molar-refractivity contribution in [3.05, 3.63) is 42.2 Å². The van der Waals surface area contributed by atoms with Crippen LogP contribution in [0.3, 0.4) is 0 Å². The topological polar surface area (TPSA) is 90.7 Å². The summed E-state index contributed by atoms with van der Waals surface area (Å²) in [5.41, 5.74) is 0.620. The minimum atomic E-state index is -3.63. The highest BCUT2D eigenvalue weighted by molar-refractivity contribution is 7.85. The minimum absolute atomic E-state index is 0.0667. The molecule has 8 nitrogen and oxygen atoms in total. The number of hydrogen-bond donors (Lipinski definition) is 0. The number of imidazole rings is 1. The maximum Gasteiger partial charge on any atom is 0.414 e. The first-order valence-corrected chi connectivity index (χ1v) is 9.18. The van der Waals surface area contributed by atoms with Gasteiger partial charge in [0.15, 0.2) is 0 Å². The maximum absolute atomic E-state index is 14.4. The third-order valence-corrected chi connectivity index (χ3v) is 4.23. The Balaban J connectivity index is 1.77. The largest absolute Gasteiger partial charge is 0.441 e. The zero-order chi connectivity index (χ0) is 18.2. The molecule has 25 heavy (non-hydrogen) atoms. The van der Waals surface area contributed by atoms with E-state index >= 15 is 0 Å². The Morgan fingerprint density at radius 1 is 1.44 bits per heavy atom. The monoisotopic (exact) mass is 369 g/mol. The number of ether oxygens (including phenoxy) is 1. The van der Waals surface area contributed by atoms with Gasteiger partial charge in [0.2, 0.25) is 0 Å². The molecule has 0 spiro atoms. The fraction of sp³-hybridized carbons (Fsp3) is 0.333. The molecule has 1 atom stereocenters. The number of rotatable bonds is 5. The van der Waals surface area contributed by atoms with Crippen molar-refractivity contribution in [3.63, 3.8) is 0 Å². The molecule has 1 aromatic heterocycles. The number of aromatic nitrogens is 2. The van der Waals surface area contributed by atoms with Gasteiger partial charge >= 0.3 is 6.09 Å². The van der Waals surface area contributed by atoms with Gasteiger partial charge in [-0.25, -0.2) is 14.2 Å². The van der Waals surface area contributed by atoms with E-state index < -0.39 is 28.1 Å². The molecule has 1 aromatic carbocycles. The lowest BCUT2D eigenvalue weighted by Gasteiger charge is -2.15. The van der Waals surface area contributed by atoms with Crippen molar-refractivity contribution in [2.45, 2.75) is 13.0 Å². The summed E-state index contributed by atoms with van der Waals surface area (Å²) in [4.78, 5) is 17.2. The highest BCUT2D eigenvalue weighted by Crippen LogP contribution is 2.26. The van der Waals surface area contributed by atoms with E-state index in [1.54, 1.807) is 30.0 Å². The predicted octanol–water partition coefficient (Wildman–Crippen LogP) is 1.62. The Morgan fingerprint density at radius 2 is 2.20 bits per heavy atom. The van der Waals surface area contributed by atoms with E-state index in [1.807, 2.05) is 0 Å². The van der Waals surface area contributed by atoms with Crippen LogP contribution in [0, 0.1) is 12.7 Å². The third kappa shape index (κ3) is 3.80. The molecule has 1 saturated heterocycles. The number of nitrogens with zero attached hydrogens (tertiary/aromatic N) is 3. The van der Waals surface area contributed by atoms with Crippen LogP contribution in [0.4, 0.5) is 14.9 Å². The molecule has 0 unspecified atom stereocenters. The fourth-order valence-corrected chi connectivity index (χ4v) is 2.91. The predicted molar refractivity (Wildman–Crippen MR) is 86.7 cm³/mol. The number of aryl methyl sites for hydroxylation is 1. The van der Waals surface area contributed by atoms with Crippen molar-refractivity contribution in [2.24, 2.45) is 0 Å². The molecule has 0 aliphatic carbocycles. The molecular formula is C15H16FN3O5S. The minimum Gasteiger partial charge on any atom is -0.441 e. The van der Waals surface area contributed by atoms with Gasteiger partial charge in [-0.05, 0) is 25.1 Å².